The van der Waals surface area contributed by atoms with E-state index in [4.69, 9.17) is 0 Å². The van der Waals surface area contributed by atoms with E-state index in [0.717, 1.165) is 54.8 Å². The van der Waals surface area contributed by atoms with Crippen molar-refractivity contribution in [2.24, 2.45) is 58.2 Å². The van der Waals surface area contributed by atoms with Crippen LogP contribution >= 0.6 is 0 Å². The van der Waals surface area contributed by atoms with Crippen molar-refractivity contribution in [2.75, 3.05) is 0 Å². The number of carbonyl (C=O) groups is 1. The second-order valence-electron chi connectivity index (χ2n) is 13.0. The van der Waals surface area contributed by atoms with Crippen molar-refractivity contribution in [3.05, 3.63) is 0 Å². The first kappa shape index (κ1) is 22.7. The van der Waals surface area contributed by atoms with E-state index >= 15 is 0 Å². The molecule has 2 nitrogen and oxygen atoms in total. The summed E-state index contributed by atoms with van der Waals surface area (Å²) in [6.45, 7) is 12.5. The Morgan fingerprint density at radius 3 is 2.30 bits per heavy atom. The monoisotopic (exact) mass is 416 g/mol. The van der Waals surface area contributed by atoms with Crippen molar-refractivity contribution in [1.29, 1.82) is 0 Å². The van der Waals surface area contributed by atoms with Crippen molar-refractivity contribution >= 4 is 5.97 Å². The van der Waals surface area contributed by atoms with E-state index in [-0.39, 0.29) is 5.92 Å². The van der Waals surface area contributed by atoms with Crippen LogP contribution < -0.4 is 0 Å². The minimum absolute atomic E-state index is 0.0731. The molecule has 4 saturated carbocycles. The minimum atomic E-state index is -0.541. The van der Waals surface area contributed by atoms with E-state index in [9.17, 15) is 9.90 Å². The van der Waals surface area contributed by atoms with Gasteiger partial charge in [0.1, 0.15) is 0 Å². The van der Waals surface area contributed by atoms with Gasteiger partial charge in [0.05, 0.1) is 5.92 Å². The first-order chi connectivity index (χ1) is 14.2. The zero-order valence-electron chi connectivity index (χ0n) is 20.5. The van der Waals surface area contributed by atoms with Crippen LogP contribution in [-0.2, 0) is 4.79 Å². The van der Waals surface area contributed by atoms with E-state index in [2.05, 4.69) is 34.6 Å². The van der Waals surface area contributed by atoms with Gasteiger partial charge in [0.25, 0.3) is 0 Å². The Morgan fingerprint density at radius 1 is 0.900 bits per heavy atom. The molecule has 0 aliphatic heterocycles. The molecule has 0 spiro atoms. The highest BCUT2D eigenvalue weighted by atomic mass is 16.4. The van der Waals surface area contributed by atoms with Crippen LogP contribution in [0.15, 0.2) is 0 Å². The summed E-state index contributed by atoms with van der Waals surface area (Å²) in [5, 5.41) is 9.57. The summed E-state index contributed by atoms with van der Waals surface area (Å²) in [6.07, 6.45) is 15.7. The standard InChI is InChI=1S/C28H48O2/c1-18(2)7-6-8-19(3)23-11-12-24-22-10-9-21-17-20(26(29)30)13-15-27(21,4)25(22)14-16-28(23,24)5/h18-25H,6-17H2,1-5H3,(H,29,30)/t19-,20+,21+,22+,23-,24+,25+,27+,28-/m1/s1. The zero-order chi connectivity index (χ0) is 21.7. The molecular formula is C28H48O2. The molecule has 0 bridgehead atoms. The first-order valence-corrected chi connectivity index (χ1v) is 13.4. The topological polar surface area (TPSA) is 37.3 Å². The predicted octanol–water partition coefficient (Wildman–Crippen LogP) is 7.81. The molecule has 4 rings (SSSR count). The number of hydrogen-bond donors (Lipinski definition) is 1. The quantitative estimate of drug-likeness (QED) is 0.479. The molecular weight excluding hydrogens is 368 g/mol. The molecule has 0 aromatic heterocycles. The molecule has 0 aromatic carbocycles. The highest BCUT2D eigenvalue weighted by molar-refractivity contribution is 5.70. The lowest BCUT2D eigenvalue weighted by atomic mass is 9.44. The smallest absolute Gasteiger partial charge is 0.306 e. The number of hydrogen-bond acceptors (Lipinski definition) is 1. The second kappa shape index (κ2) is 8.43. The third kappa shape index (κ3) is 3.77. The number of carboxylic acids is 1. The van der Waals surface area contributed by atoms with E-state index in [1.807, 2.05) is 0 Å². The molecule has 0 saturated heterocycles. The van der Waals surface area contributed by atoms with Crippen LogP contribution in [0.3, 0.4) is 0 Å². The van der Waals surface area contributed by atoms with Crippen molar-refractivity contribution in [1.82, 2.24) is 0 Å². The van der Waals surface area contributed by atoms with Crippen molar-refractivity contribution in [3.63, 3.8) is 0 Å². The summed E-state index contributed by atoms with van der Waals surface area (Å²) in [4.78, 5) is 11.6. The summed E-state index contributed by atoms with van der Waals surface area (Å²) >= 11 is 0. The van der Waals surface area contributed by atoms with E-state index in [1.165, 1.54) is 57.8 Å². The molecule has 0 aromatic rings. The number of aliphatic carboxylic acids is 1. The summed E-state index contributed by atoms with van der Waals surface area (Å²) < 4.78 is 0. The summed E-state index contributed by atoms with van der Waals surface area (Å²) in [5.41, 5.74) is 0.983. The molecule has 0 unspecified atom stereocenters. The lowest BCUT2D eigenvalue weighted by Gasteiger charge is -2.61. The Kier molecular flexibility index (Phi) is 6.37. The molecule has 30 heavy (non-hydrogen) atoms. The molecule has 4 aliphatic rings. The Balaban J connectivity index is 1.45. The fraction of sp³-hybridized carbons (Fsp3) is 0.964. The highest BCUT2D eigenvalue weighted by Gasteiger charge is 2.60. The van der Waals surface area contributed by atoms with Crippen LogP contribution in [0.2, 0.25) is 0 Å². The molecule has 4 aliphatic carbocycles. The maximum absolute atomic E-state index is 11.6. The van der Waals surface area contributed by atoms with Gasteiger partial charge >= 0.3 is 5.97 Å². The summed E-state index contributed by atoms with van der Waals surface area (Å²) in [7, 11) is 0. The number of carboxylic acid groups (broad SMARTS) is 1. The van der Waals surface area contributed by atoms with Crippen molar-refractivity contribution in [3.8, 4) is 0 Å². The van der Waals surface area contributed by atoms with Gasteiger partial charge in [-0.25, -0.2) is 0 Å². The van der Waals surface area contributed by atoms with Gasteiger partial charge in [0.2, 0.25) is 0 Å². The van der Waals surface area contributed by atoms with Crippen LogP contribution in [0.1, 0.15) is 112 Å². The van der Waals surface area contributed by atoms with Gasteiger partial charge in [-0.15, -0.1) is 0 Å². The SMILES string of the molecule is CC(C)CCC[C@@H](C)[C@H]1CC[C@H]2[C@@H]3CC[C@H]4C[C@@H](C(=O)O)CC[C@]4(C)[C@H]3CC[C@]12C. The average Bonchev–Trinajstić information content (AvgIpc) is 3.04. The Hall–Kier alpha value is -0.530. The predicted molar refractivity (Wildman–Crippen MR) is 124 cm³/mol. The highest BCUT2D eigenvalue weighted by Crippen LogP contribution is 2.68. The van der Waals surface area contributed by atoms with Gasteiger partial charge < -0.3 is 5.11 Å². The van der Waals surface area contributed by atoms with Gasteiger partial charge in [0, 0.05) is 0 Å². The van der Waals surface area contributed by atoms with E-state index in [0.29, 0.717) is 16.7 Å². The molecule has 0 radical (unpaired) electrons. The number of rotatable bonds is 6. The van der Waals surface area contributed by atoms with Gasteiger partial charge in [-0.05, 0) is 110 Å². The molecule has 0 amide bonds. The maximum Gasteiger partial charge on any atom is 0.306 e. The first-order valence-electron chi connectivity index (χ1n) is 13.4. The van der Waals surface area contributed by atoms with Gasteiger partial charge in [0.15, 0.2) is 0 Å². The molecule has 4 fully saturated rings. The third-order valence-electron chi connectivity index (χ3n) is 11.2. The Bertz CT molecular complexity index is 626. The van der Waals surface area contributed by atoms with Crippen LogP contribution in [0.4, 0.5) is 0 Å². The van der Waals surface area contributed by atoms with Crippen molar-refractivity contribution in [2.45, 2.75) is 112 Å². The molecule has 1 N–H and O–H groups in total. The Morgan fingerprint density at radius 2 is 1.60 bits per heavy atom. The molecule has 9 atom stereocenters. The van der Waals surface area contributed by atoms with Gasteiger partial charge in [-0.3, -0.25) is 4.79 Å². The van der Waals surface area contributed by atoms with Crippen molar-refractivity contribution < 1.29 is 9.90 Å². The largest absolute Gasteiger partial charge is 0.481 e. The minimum Gasteiger partial charge on any atom is -0.481 e. The summed E-state index contributed by atoms with van der Waals surface area (Å²) in [6, 6.07) is 0. The maximum atomic E-state index is 11.6. The fourth-order valence-electron chi connectivity index (χ4n) is 9.51. The van der Waals surface area contributed by atoms with E-state index < -0.39 is 5.97 Å². The van der Waals surface area contributed by atoms with Gasteiger partial charge in [-0.2, -0.15) is 0 Å². The second-order valence-corrected chi connectivity index (χ2v) is 13.0. The zero-order valence-corrected chi connectivity index (χ0v) is 20.5. The van der Waals surface area contributed by atoms with Crippen LogP contribution in [0.25, 0.3) is 0 Å². The summed E-state index contributed by atoms with van der Waals surface area (Å²) in [5.74, 6) is 5.41. The Labute approximate surface area is 186 Å². The van der Waals surface area contributed by atoms with E-state index in [1.54, 1.807) is 0 Å². The van der Waals surface area contributed by atoms with Crippen LogP contribution in [0, 0.1) is 58.2 Å². The van der Waals surface area contributed by atoms with Gasteiger partial charge in [-0.1, -0.05) is 53.9 Å². The number of fused-ring (bicyclic) bond motifs is 5. The van der Waals surface area contributed by atoms with Crippen LogP contribution in [-0.4, -0.2) is 11.1 Å². The third-order valence-corrected chi connectivity index (χ3v) is 11.2. The fourth-order valence-corrected chi connectivity index (χ4v) is 9.51. The lowest BCUT2D eigenvalue weighted by Crippen LogP contribution is -2.54. The molecule has 2 heteroatoms. The van der Waals surface area contributed by atoms with Crippen LogP contribution in [0.5, 0.6) is 0 Å². The molecule has 0 heterocycles. The lowest BCUT2D eigenvalue weighted by molar-refractivity contribution is -0.152. The average molecular weight is 417 g/mol. The molecule has 172 valence electrons. The normalized spacial score (nSPS) is 46.7.